The number of rotatable bonds is 6. The van der Waals surface area contributed by atoms with Crippen LogP contribution in [0.2, 0.25) is 5.02 Å². The highest BCUT2D eigenvalue weighted by atomic mass is 35.5. The molecule has 2 heterocycles. The summed E-state index contributed by atoms with van der Waals surface area (Å²) in [5, 5.41) is 3.61. The van der Waals surface area contributed by atoms with E-state index in [4.69, 9.17) is 16.3 Å². The van der Waals surface area contributed by atoms with Crippen molar-refractivity contribution in [1.82, 2.24) is 18.7 Å². The zero-order valence-electron chi connectivity index (χ0n) is 14.8. The standard InChI is InChI=1S/C17H20ClN5O3/c1-21-13-14(20-16(21)19-8-9-26-3)22(2)17(25)23(15(13)24)10-11-6-4-5-7-12(11)18/h4-7H,8-10H2,1-3H3,(H,19,20). The van der Waals surface area contributed by atoms with Crippen LogP contribution < -0.4 is 16.6 Å². The Kier molecular flexibility index (Phi) is 5.15. The van der Waals surface area contributed by atoms with Crippen molar-refractivity contribution >= 4 is 28.7 Å². The number of imidazole rings is 1. The fourth-order valence-corrected chi connectivity index (χ4v) is 3.00. The van der Waals surface area contributed by atoms with Crippen LogP contribution >= 0.6 is 11.6 Å². The van der Waals surface area contributed by atoms with Crippen molar-refractivity contribution in [2.24, 2.45) is 14.1 Å². The van der Waals surface area contributed by atoms with Crippen LogP contribution in [0, 0.1) is 0 Å². The van der Waals surface area contributed by atoms with Crippen molar-refractivity contribution in [2.45, 2.75) is 6.54 Å². The molecular formula is C17H20ClN5O3. The molecule has 0 amide bonds. The van der Waals surface area contributed by atoms with Crippen molar-refractivity contribution in [3.05, 3.63) is 55.7 Å². The Hall–Kier alpha value is -2.58. The molecule has 0 saturated heterocycles. The molecule has 0 aliphatic rings. The van der Waals surface area contributed by atoms with E-state index in [1.807, 2.05) is 6.07 Å². The van der Waals surface area contributed by atoms with E-state index in [1.165, 1.54) is 9.13 Å². The third kappa shape index (κ3) is 3.13. The lowest BCUT2D eigenvalue weighted by Gasteiger charge is -2.10. The highest BCUT2D eigenvalue weighted by Crippen LogP contribution is 2.16. The molecule has 0 saturated carbocycles. The SMILES string of the molecule is COCCNc1nc2c(c(=O)n(Cc3ccccc3Cl)c(=O)n2C)n1C. The van der Waals surface area contributed by atoms with E-state index in [-0.39, 0.29) is 6.54 Å². The summed E-state index contributed by atoms with van der Waals surface area (Å²) in [7, 11) is 4.93. The number of nitrogens with zero attached hydrogens (tertiary/aromatic N) is 4. The number of halogens is 1. The van der Waals surface area contributed by atoms with Gasteiger partial charge >= 0.3 is 5.69 Å². The van der Waals surface area contributed by atoms with Crippen LogP contribution in [0.3, 0.4) is 0 Å². The predicted molar refractivity (Wildman–Crippen MR) is 101 cm³/mol. The number of methoxy groups -OCH3 is 1. The van der Waals surface area contributed by atoms with E-state index in [0.717, 1.165) is 0 Å². The number of aryl methyl sites for hydroxylation is 2. The van der Waals surface area contributed by atoms with Gasteiger partial charge in [0.15, 0.2) is 11.2 Å². The van der Waals surface area contributed by atoms with Crippen LogP contribution in [-0.2, 0) is 25.4 Å². The fraction of sp³-hybridized carbons (Fsp3) is 0.353. The van der Waals surface area contributed by atoms with Gasteiger partial charge in [-0.2, -0.15) is 4.98 Å². The minimum absolute atomic E-state index is 0.0960. The van der Waals surface area contributed by atoms with Crippen LogP contribution in [0.25, 0.3) is 11.2 Å². The maximum Gasteiger partial charge on any atom is 0.332 e. The quantitative estimate of drug-likeness (QED) is 0.652. The van der Waals surface area contributed by atoms with Crippen molar-refractivity contribution in [3.8, 4) is 0 Å². The summed E-state index contributed by atoms with van der Waals surface area (Å²) >= 11 is 6.18. The fourth-order valence-electron chi connectivity index (χ4n) is 2.80. The van der Waals surface area contributed by atoms with Gasteiger partial charge in [-0.1, -0.05) is 29.8 Å². The maximum atomic E-state index is 13.0. The normalized spacial score (nSPS) is 11.2. The maximum absolute atomic E-state index is 13.0. The average Bonchev–Trinajstić information content (AvgIpc) is 2.95. The second-order valence-electron chi connectivity index (χ2n) is 5.91. The van der Waals surface area contributed by atoms with Gasteiger partial charge in [-0.25, -0.2) is 4.79 Å². The Morgan fingerprint density at radius 2 is 1.92 bits per heavy atom. The molecule has 26 heavy (non-hydrogen) atoms. The summed E-state index contributed by atoms with van der Waals surface area (Å²) in [5.74, 6) is 0.500. The molecule has 1 aromatic carbocycles. The molecule has 0 aliphatic carbocycles. The molecule has 0 spiro atoms. The van der Waals surface area contributed by atoms with Crippen LogP contribution in [0.1, 0.15) is 5.56 Å². The molecule has 3 aromatic rings. The Morgan fingerprint density at radius 1 is 1.19 bits per heavy atom. The van der Waals surface area contributed by atoms with Crippen molar-refractivity contribution in [1.29, 1.82) is 0 Å². The number of anilines is 1. The van der Waals surface area contributed by atoms with E-state index in [1.54, 1.807) is 44.0 Å². The molecule has 0 aliphatic heterocycles. The van der Waals surface area contributed by atoms with Crippen molar-refractivity contribution in [2.75, 3.05) is 25.6 Å². The number of ether oxygens (including phenoxy) is 1. The third-order valence-corrected chi connectivity index (χ3v) is 4.60. The first-order valence-electron chi connectivity index (χ1n) is 8.08. The van der Waals surface area contributed by atoms with E-state index in [9.17, 15) is 9.59 Å². The molecule has 8 nitrogen and oxygen atoms in total. The molecule has 3 rings (SSSR count). The lowest BCUT2D eigenvalue weighted by Crippen LogP contribution is -2.39. The highest BCUT2D eigenvalue weighted by molar-refractivity contribution is 6.31. The van der Waals surface area contributed by atoms with E-state index >= 15 is 0 Å². The summed E-state index contributed by atoms with van der Waals surface area (Å²) in [6.45, 7) is 1.13. The molecule has 0 bridgehead atoms. The summed E-state index contributed by atoms with van der Waals surface area (Å²) in [5.41, 5.74) is 0.534. The molecule has 0 radical (unpaired) electrons. The van der Waals surface area contributed by atoms with E-state index < -0.39 is 11.2 Å². The van der Waals surface area contributed by atoms with Gasteiger partial charge in [0.1, 0.15) is 0 Å². The predicted octanol–water partition coefficient (Wildman–Crippen LogP) is 1.19. The van der Waals surface area contributed by atoms with E-state index in [2.05, 4.69) is 10.3 Å². The van der Waals surface area contributed by atoms with Crippen molar-refractivity contribution < 1.29 is 4.74 Å². The van der Waals surface area contributed by atoms with Gasteiger partial charge in [-0.05, 0) is 11.6 Å². The van der Waals surface area contributed by atoms with Gasteiger partial charge < -0.3 is 14.6 Å². The number of hydrogen-bond donors (Lipinski definition) is 1. The van der Waals surface area contributed by atoms with Crippen LogP contribution in [0.4, 0.5) is 5.95 Å². The second-order valence-corrected chi connectivity index (χ2v) is 6.32. The first-order chi connectivity index (χ1) is 12.5. The molecule has 1 N–H and O–H groups in total. The minimum atomic E-state index is -0.441. The monoisotopic (exact) mass is 377 g/mol. The smallest absolute Gasteiger partial charge is 0.332 e. The highest BCUT2D eigenvalue weighted by Gasteiger charge is 2.18. The number of benzene rings is 1. The zero-order valence-corrected chi connectivity index (χ0v) is 15.6. The zero-order chi connectivity index (χ0) is 18.8. The van der Waals surface area contributed by atoms with Gasteiger partial charge in [0.2, 0.25) is 5.95 Å². The lowest BCUT2D eigenvalue weighted by atomic mass is 10.2. The molecule has 138 valence electrons. The van der Waals surface area contributed by atoms with Crippen molar-refractivity contribution in [3.63, 3.8) is 0 Å². The largest absolute Gasteiger partial charge is 0.383 e. The minimum Gasteiger partial charge on any atom is -0.383 e. The number of aromatic nitrogens is 4. The summed E-state index contributed by atoms with van der Waals surface area (Å²) in [6.07, 6.45) is 0. The van der Waals surface area contributed by atoms with Crippen LogP contribution in [0.5, 0.6) is 0 Å². The molecule has 0 unspecified atom stereocenters. The van der Waals surface area contributed by atoms with Gasteiger partial charge in [-0.3, -0.25) is 13.9 Å². The third-order valence-electron chi connectivity index (χ3n) is 4.24. The Balaban J connectivity index is 2.14. The first-order valence-corrected chi connectivity index (χ1v) is 8.46. The molecular weight excluding hydrogens is 358 g/mol. The first kappa shape index (κ1) is 18.2. The molecule has 0 atom stereocenters. The summed E-state index contributed by atoms with van der Waals surface area (Å²) in [4.78, 5) is 30.1. The van der Waals surface area contributed by atoms with Crippen LogP contribution in [-0.4, -0.2) is 38.9 Å². The topological polar surface area (TPSA) is 83.1 Å². The van der Waals surface area contributed by atoms with E-state index in [0.29, 0.717) is 40.8 Å². The van der Waals surface area contributed by atoms with Gasteiger partial charge in [0, 0.05) is 32.8 Å². The average molecular weight is 378 g/mol. The lowest BCUT2D eigenvalue weighted by molar-refractivity contribution is 0.210. The molecule has 0 fully saturated rings. The Morgan fingerprint density at radius 3 is 2.62 bits per heavy atom. The number of hydrogen-bond acceptors (Lipinski definition) is 5. The van der Waals surface area contributed by atoms with Crippen LogP contribution in [0.15, 0.2) is 33.9 Å². The Bertz CT molecular complexity index is 1070. The summed E-state index contributed by atoms with van der Waals surface area (Å²) < 4.78 is 9.20. The second kappa shape index (κ2) is 7.35. The molecule has 9 heteroatoms. The number of nitrogens with one attached hydrogen (secondary N) is 1. The Labute approximate surface area is 154 Å². The van der Waals surface area contributed by atoms with Gasteiger partial charge in [0.25, 0.3) is 5.56 Å². The van der Waals surface area contributed by atoms with Gasteiger partial charge in [-0.15, -0.1) is 0 Å². The number of fused-ring (bicyclic) bond motifs is 1. The van der Waals surface area contributed by atoms with Gasteiger partial charge in [0.05, 0.1) is 13.2 Å². The summed E-state index contributed by atoms with van der Waals surface area (Å²) in [6, 6.07) is 7.14. The molecule has 2 aromatic heterocycles.